The molecule has 0 saturated heterocycles. The molecule has 4 rings (SSSR count). The van der Waals surface area contributed by atoms with Crippen LogP contribution in [0.25, 0.3) is 11.1 Å². The van der Waals surface area contributed by atoms with Crippen molar-refractivity contribution in [2.45, 2.75) is 25.2 Å². The van der Waals surface area contributed by atoms with Crippen LogP contribution in [0.4, 0.5) is 23.2 Å². The molecule has 11 nitrogen and oxygen atoms in total. The Balaban J connectivity index is 1.64. The number of carbonyl (C=O) groups is 2. The molecule has 1 aliphatic heterocycles. The lowest BCUT2D eigenvalue weighted by Crippen LogP contribution is -2.42. The van der Waals surface area contributed by atoms with E-state index in [4.69, 9.17) is 22.1 Å². The Morgan fingerprint density at radius 1 is 1.17 bits per heavy atom. The number of halogens is 5. The smallest absolute Gasteiger partial charge is 0.333 e. The fourth-order valence-electron chi connectivity index (χ4n) is 4.15. The van der Waals surface area contributed by atoms with Gasteiger partial charge in [0.1, 0.15) is 12.9 Å². The second kappa shape index (κ2) is 12.6. The molecule has 2 N–H and O–H groups in total. The van der Waals surface area contributed by atoms with Crippen molar-refractivity contribution >= 4 is 48.7 Å². The molecule has 0 unspecified atom stereocenters. The number of benzene rings is 2. The maximum atomic E-state index is 13.7. The molecule has 3 aromatic rings. The summed E-state index contributed by atoms with van der Waals surface area (Å²) in [4.78, 5) is 33.3. The highest BCUT2D eigenvalue weighted by Crippen LogP contribution is 2.37. The average Bonchev–Trinajstić information content (AvgIpc) is 3.56. The van der Waals surface area contributed by atoms with Crippen LogP contribution in [0.5, 0.6) is 0 Å². The molecule has 0 bridgehead atoms. The summed E-state index contributed by atoms with van der Waals surface area (Å²) in [5.41, 5.74) is 7.59. The maximum Gasteiger partial charge on any atom is 0.333 e. The molecule has 0 fully saturated rings. The largest absolute Gasteiger partial charge is 0.465 e. The second-order valence-electron chi connectivity index (χ2n) is 8.40. The summed E-state index contributed by atoms with van der Waals surface area (Å²) in [6.07, 6.45) is 3.27. The number of hydrogen-bond donors (Lipinski definition) is 1. The number of hydrogen-bond acceptors (Lipinski definition) is 8. The first-order chi connectivity index (χ1) is 19.7. The highest BCUT2D eigenvalue weighted by molar-refractivity contribution is 6.33. The van der Waals surface area contributed by atoms with Crippen molar-refractivity contribution in [3.63, 3.8) is 0 Å². The number of anilines is 1. The molecule has 0 aliphatic carbocycles. The molecule has 0 radical (unpaired) electrons. The summed E-state index contributed by atoms with van der Waals surface area (Å²) in [6.45, 7) is -2.96. The van der Waals surface area contributed by atoms with Crippen LogP contribution in [0.3, 0.4) is 0 Å². The normalized spacial score (nSPS) is 16.0. The Bertz CT molecular complexity index is 1480. The van der Waals surface area contributed by atoms with Crippen LogP contribution in [-0.4, -0.2) is 59.2 Å². The van der Waals surface area contributed by atoms with E-state index in [1.165, 1.54) is 30.6 Å². The predicted octanol–water partition coefficient (Wildman–Crippen LogP) is 4.38. The first kappa shape index (κ1) is 29.2. The van der Waals surface area contributed by atoms with Gasteiger partial charge in [0.25, 0.3) is 12.4 Å². The molecule has 2 aromatic carbocycles. The number of carbonyl (C=O) groups excluding carboxylic acids is 2. The number of nitrogens with zero attached hydrogens (tertiary/aromatic N) is 7. The van der Waals surface area contributed by atoms with Gasteiger partial charge in [-0.2, -0.15) is 27.8 Å². The van der Waals surface area contributed by atoms with E-state index in [-0.39, 0.29) is 28.7 Å². The third-order valence-electron chi connectivity index (χ3n) is 6.02. The Morgan fingerprint density at radius 2 is 1.90 bits per heavy atom. The van der Waals surface area contributed by atoms with Crippen molar-refractivity contribution < 1.29 is 31.9 Å². The number of guanidine groups is 1. The van der Waals surface area contributed by atoms with Crippen molar-refractivity contribution in [3.05, 3.63) is 71.0 Å². The second-order valence-corrected chi connectivity index (χ2v) is 8.81. The summed E-state index contributed by atoms with van der Waals surface area (Å²) < 4.78 is 58.6. The summed E-state index contributed by atoms with van der Waals surface area (Å²) in [5.74, 6) is -0.797. The average molecular weight is 593 g/mol. The monoisotopic (exact) mass is 592 g/mol. The van der Waals surface area contributed by atoms with Crippen LogP contribution in [0.2, 0.25) is 5.02 Å². The molecule has 1 aliphatic rings. The minimum Gasteiger partial charge on any atom is -0.465 e. The zero-order valence-corrected chi connectivity index (χ0v) is 21.7. The molecule has 2 atom stereocenters. The van der Waals surface area contributed by atoms with Crippen molar-refractivity contribution in [1.29, 1.82) is 0 Å². The lowest BCUT2D eigenvalue weighted by molar-refractivity contribution is -0.135. The molecule has 2 heterocycles. The van der Waals surface area contributed by atoms with Gasteiger partial charge in [-0.3, -0.25) is 19.5 Å². The Hall–Kier alpha value is -4.79. The van der Waals surface area contributed by atoms with Gasteiger partial charge in [0.2, 0.25) is 0 Å². The molecular formula is C25H21ClF4N8O3. The number of rotatable bonds is 12. The zero-order valence-electron chi connectivity index (χ0n) is 20.9. The molecule has 0 spiro atoms. The molecule has 0 saturated carbocycles. The van der Waals surface area contributed by atoms with Gasteiger partial charge in [-0.05, 0) is 35.5 Å². The highest BCUT2D eigenvalue weighted by atomic mass is 35.5. The van der Waals surface area contributed by atoms with Crippen LogP contribution in [0.15, 0.2) is 69.9 Å². The van der Waals surface area contributed by atoms with E-state index in [0.717, 1.165) is 11.2 Å². The first-order valence-electron chi connectivity index (χ1n) is 11.7. The van der Waals surface area contributed by atoms with Crippen molar-refractivity contribution in [2.24, 2.45) is 20.8 Å². The van der Waals surface area contributed by atoms with Crippen molar-refractivity contribution in [3.8, 4) is 11.1 Å². The van der Waals surface area contributed by atoms with E-state index < -0.39 is 37.7 Å². The van der Waals surface area contributed by atoms with Gasteiger partial charge < -0.3 is 10.5 Å². The fourth-order valence-corrected chi connectivity index (χ4v) is 4.35. The minimum absolute atomic E-state index is 0.0863. The number of ether oxygens (including phenoxy) is 1. The van der Waals surface area contributed by atoms with Crippen LogP contribution in [0, 0.1) is 0 Å². The SMILES string of the molecule is C=N/C=N\N(c1cc([C@@H](COC=O)N2C(=O)[C@@H](c3ccc(-c4cnn(C(F)F)c4)cc3)N=C2N)ccc1Cl)C(F)F. The van der Waals surface area contributed by atoms with E-state index in [1.807, 2.05) is 0 Å². The van der Waals surface area contributed by atoms with Crippen LogP contribution >= 0.6 is 11.6 Å². The van der Waals surface area contributed by atoms with E-state index in [2.05, 4.69) is 26.9 Å². The molecule has 214 valence electrons. The van der Waals surface area contributed by atoms with Crippen LogP contribution in [0.1, 0.15) is 29.8 Å². The van der Waals surface area contributed by atoms with Crippen molar-refractivity contribution in [2.75, 3.05) is 11.6 Å². The molecule has 41 heavy (non-hydrogen) atoms. The van der Waals surface area contributed by atoms with E-state index in [9.17, 15) is 27.2 Å². The number of alkyl halides is 4. The third-order valence-corrected chi connectivity index (χ3v) is 6.34. The van der Waals surface area contributed by atoms with Gasteiger partial charge in [0, 0.05) is 11.8 Å². The van der Waals surface area contributed by atoms with E-state index >= 15 is 0 Å². The van der Waals surface area contributed by atoms with Gasteiger partial charge in [-0.25, -0.2) is 14.7 Å². The highest BCUT2D eigenvalue weighted by Gasteiger charge is 2.40. The maximum absolute atomic E-state index is 13.7. The summed E-state index contributed by atoms with van der Waals surface area (Å²) in [6, 6.07) is 8.24. The standard InChI is InChI=1S/C25H21ClF4N8O3/c1-32-12-34-38(24(29)30)19-8-16(6-7-18(19)26)20(11-41-13-39)37-22(40)21(35-25(37)31)15-4-2-14(3-5-15)17-9-33-36(10-17)23(27)28/h2-10,12-13,20-21,23-24H,1,11H2,(H2,31,35)/b34-12-/t20-,21-/m1/s1. The Morgan fingerprint density at radius 3 is 2.51 bits per heavy atom. The summed E-state index contributed by atoms with van der Waals surface area (Å²) >= 11 is 6.16. The Kier molecular flexibility index (Phi) is 8.97. The fraction of sp³-hybridized carbons (Fsp3) is 0.200. The number of aromatic nitrogens is 2. The first-order valence-corrected chi connectivity index (χ1v) is 12.0. The van der Waals surface area contributed by atoms with E-state index in [1.54, 1.807) is 24.3 Å². The van der Waals surface area contributed by atoms with Crippen LogP contribution in [-0.2, 0) is 14.3 Å². The van der Waals surface area contributed by atoms with E-state index in [0.29, 0.717) is 26.4 Å². The number of hydrazone groups is 1. The number of nitrogens with two attached hydrogens (primary N) is 1. The van der Waals surface area contributed by atoms with Gasteiger partial charge in [-0.1, -0.05) is 41.9 Å². The molecule has 1 aromatic heterocycles. The topological polar surface area (TPSA) is 131 Å². The summed E-state index contributed by atoms with van der Waals surface area (Å²) in [5, 5.41) is 7.36. The Labute approximate surface area is 235 Å². The van der Waals surface area contributed by atoms with Gasteiger partial charge in [0.05, 0.1) is 22.9 Å². The quantitative estimate of drug-likeness (QED) is 0.0829. The third kappa shape index (κ3) is 6.19. The number of amides is 1. The summed E-state index contributed by atoms with van der Waals surface area (Å²) in [7, 11) is 0. The minimum atomic E-state index is -3.11. The van der Waals surface area contributed by atoms with Gasteiger partial charge in [0.15, 0.2) is 12.0 Å². The molecule has 1 amide bonds. The molecule has 16 heteroatoms. The van der Waals surface area contributed by atoms with Gasteiger partial charge >= 0.3 is 13.1 Å². The molecular weight excluding hydrogens is 572 g/mol. The number of aliphatic imine (C=N–C) groups is 2. The lowest BCUT2D eigenvalue weighted by Gasteiger charge is -2.28. The van der Waals surface area contributed by atoms with Crippen molar-refractivity contribution in [1.82, 2.24) is 14.7 Å². The zero-order chi connectivity index (χ0) is 29.7. The van der Waals surface area contributed by atoms with Crippen LogP contribution < -0.4 is 10.7 Å². The van der Waals surface area contributed by atoms with Gasteiger partial charge in [-0.15, -0.1) is 0 Å². The lowest BCUT2D eigenvalue weighted by atomic mass is 10.0. The predicted molar refractivity (Wildman–Crippen MR) is 143 cm³/mol.